The third kappa shape index (κ3) is 4.11. The minimum absolute atomic E-state index is 0.615. The molecule has 158 valence electrons. The second-order valence-electron chi connectivity index (χ2n) is 6.88. The number of methoxy groups -OCH3 is 3. The van der Waals surface area contributed by atoms with Crippen LogP contribution in [-0.4, -0.2) is 39.3 Å². The minimum atomic E-state index is 0.615. The predicted octanol–water partition coefficient (Wildman–Crippen LogP) is 4.58. The molecule has 0 amide bonds. The van der Waals surface area contributed by atoms with Crippen molar-refractivity contribution in [3.05, 3.63) is 56.7 Å². The predicted molar refractivity (Wildman–Crippen MR) is 123 cm³/mol. The summed E-state index contributed by atoms with van der Waals surface area (Å²) in [5.41, 5.74) is 6.56. The number of ether oxygens (including phenoxy) is 3. The van der Waals surface area contributed by atoms with Gasteiger partial charge in [-0.3, -0.25) is 4.99 Å². The molecule has 1 heterocycles. The molecule has 0 unspecified atom stereocenters. The van der Waals surface area contributed by atoms with E-state index in [2.05, 4.69) is 43.3 Å². The van der Waals surface area contributed by atoms with Crippen LogP contribution in [0.2, 0.25) is 0 Å². The van der Waals surface area contributed by atoms with Crippen molar-refractivity contribution in [1.82, 2.24) is 4.68 Å². The standard InChI is InChI=1S/C23H27N3O3S/c1-14-8-16(3)18(9-15(14)2)20-13-30-23(24-4)26(20)25-12-19-21(28-6)10-17(27-5)11-22(19)29-7/h8-13H,1-7H3. The lowest BCUT2D eigenvalue weighted by atomic mass is 9.99. The Bertz CT molecular complexity index is 1130. The topological polar surface area (TPSA) is 57.3 Å². The van der Waals surface area contributed by atoms with Gasteiger partial charge in [-0.15, -0.1) is 11.3 Å². The van der Waals surface area contributed by atoms with Gasteiger partial charge in [0.1, 0.15) is 17.2 Å². The average Bonchev–Trinajstić information content (AvgIpc) is 3.16. The summed E-state index contributed by atoms with van der Waals surface area (Å²) in [4.78, 5) is 5.19. The van der Waals surface area contributed by atoms with E-state index in [0.29, 0.717) is 17.2 Å². The Balaban J connectivity index is 2.17. The Morgan fingerprint density at radius 1 is 0.867 bits per heavy atom. The van der Waals surface area contributed by atoms with Gasteiger partial charge in [-0.1, -0.05) is 6.07 Å². The fourth-order valence-corrected chi connectivity index (χ4v) is 4.05. The summed E-state index contributed by atoms with van der Waals surface area (Å²) in [6.07, 6.45) is 1.73. The lowest BCUT2D eigenvalue weighted by Crippen LogP contribution is -2.12. The molecule has 0 radical (unpaired) electrons. The summed E-state index contributed by atoms with van der Waals surface area (Å²) in [5.74, 6) is 1.88. The van der Waals surface area contributed by atoms with Gasteiger partial charge in [0.2, 0.25) is 4.80 Å². The van der Waals surface area contributed by atoms with Crippen molar-refractivity contribution in [3.63, 3.8) is 0 Å². The van der Waals surface area contributed by atoms with Gasteiger partial charge in [-0.25, -0.2) is 4.68 Å². The average molecular weight is 426 g/mol. The van der Waals surface area contributed by atoms with E-state index in [4.69, 9.17) is 19.3 Å². The Morgan fingerprint density at radius 3 is 2.07 bits per heavy atom. The van der Waals surface area contributed by atoms with E-state index in [1.165, 1.54) is 16.7 Å². The maximum absolute atomic E-state index is 5.54. The van der Waals surface area contributed by atoms with Crippen LogP contribution in [0.5, 0.6) is 17.2 Å². The molecule has 3 rings (SSSR count). The molecule has 0 spiro atoms. The van der Waals surface area contributed by atoms with Gasteiger partial charge in [-0.05, 0) is 43.5 Å². The van der Waals surface area contributed by atoms with Crippen LogP contribution in [0, 0.1) is 20.8 Å². The zero-order valence-corrected chi connectivity index (χ0v) is 19.3. The largest absolute Gasteiger partial charge is 0.496 e. The van der Waals surface area contributed by atoms with Gasteiger partial charge >= 0.3 is 0 Å². The Hall–Kier alpha value is -3.06. The summed E-state index contributed by atoms with van der Waals surface area (Å²) >= 11 is 1.55. The lowest BCUT2D eigenvalue weighted by molar-refractivity contribution is 0.374. The summed E-state index contributed by atoms with van der Waals surface area (Å²) in [5, 5.41) is 6.84. The fraction of sp³-hybridized carbons (Fsp3) is 0.304. The number of hydrogen-bond donors (Lipinski definition) is 0. The van der Waals surface area contributed by atoms with Crippen LogP contribution in [-0.2, 0) is 0 Å². The first-order valence-corrected chi connectivity index (χ1v) is 10.4. The first kappa shape index (κ1) is 21.6. The highest BCUT2D eigenvalue weighted by atomic mass is 32.1. The van der Waals surface area contributed by atoms with Crippen molar-refractivity contribution in [2.45, 2.75) is 20.8 Å². The van der Waals surface area contributed by atoms with E-state index in [1.54, 1.807) is 45.9 Å². The number of aryl methyl sites for hydroxylation is 3. The van der Waals surface area contributed by atoms with E-state index < -0.39 is 0 Å². The van der Waals surface area contributed by atoms with Crippen LogP contribution < -0.4 is 19.0 Å². The van der Waals surface area contributed by atoms with Crippen molar-refractivity contribution in [2.24, 2.45) is 10.1 Å². The Labute approximate surface area is 181 Å². The van der Waals surface area contributed by atoms with Gasteiger partial charge in [-0.2, -0.15) is 5.10 Å². The number of nitrogens with zero attached hydrogens (tertiary/aromatic N) is 3. The molecule has 6 nitrogen and oxygen atoms in total. The molecular formula is C23H27N3O3S. The molecule has 0 aliphatic rings. The molecule has 0 bridgehead atoms. The summed E-state index contributed by atoms with van der Waals surface area (Å²) in [6.45, 7) is 6.36. The van der Waals surface area contributed by atoms with Gasteiger partial charge in [0, 0.05) is 30.1 Å². The number of benzene rings is 2. The molecular weight excluding hydrogens is 398 g/mol. The molecule has 7 heteroatoms. The molecule has 0 saturated heterocycles. The van der Waals surface area contributed by atoms with E-state index >= 15 is 0 Å². The van der Waals surface area contributed by atoms with Gasteiger partial charge < -0.3 is 14.2 Å². The van der Waals surface area contributed by atoms with Crippen molar-refractivity contribution in [1.29, 1.82) is 0 Å². The number of aromatic nitrogens is 1. The van der Waals surface area contributed by atoms with Crippen LogP contribution in [0.4, 0.5) is 0 Å². The highest BCUT2D eigenvalue weighted by Gasteiger charge is 2.14. The minimum Gasteiger partial charge on any atom is -0.496 e. The smallest absolute Gasteiger partial charge is 0.205 e. The molecule has 30 heavy (non-hydrogen) atoms. The summed E-state index contributed by atoms with van der Waals surface area (Å²) < 4.78 is 18.3. The third-order valence-electron chi connectivity index (χ3n) is 5.05. The quantitative estimate of drug-likeness (QED) is 0.543. The zero-order valence-electron chi connectivity index (χ0n) is 18.4. The number of rotatable bonds is 6. The van der Waals surface area contributed by atoms with Crippen molar-refractivity contribution < 1.29 is 14.2 Å². The van der Waals surface area contributed by atoms with E-state index in [9.17, 15) is 0 Å². The number of hydrogen-bond acceptors (Lipinski definition) is 6. The molecule has 0 fully saturated rings. The van der Waals surface area contributed by atoms with Crippen molar-refractivity contribution in [2.75, 3.05) is 28.4 Å². The molecule has 0 aliphatic carbocycles. The maximum atomic E-state index is 5.54. The van der Waals surface area contributed by atoms with Crippen molar-refractivity contribution >= 4 is 17.6 Å². The highest BCUT2D eigenvalue weighted by Crippen LogP contribution is 2.33. The fourth-order valence-electron chi connectivity index (χ4n) is 3.26. The lowest BCUT2D eigenvalue weighted by Gasteiger charge is -2.13. The molecule has 2 aromatic carbocycles. The van der Waals surface area contributed by atoms with Crippen LogP contribution in [0.1, 0.15) is 22.3 Å². The van der Waals surface area contributed by atoms with Gasteiger partial charge in [0.15, 0.2) is 0 Å². The molecule has 1 aromatic heterocycles. The van der Waals surface area contributed by atoms with Crippen LogP contribution in [0.3, 0.4) is 0 Å². The second-order valence-corrected chi connectivity index (χ2v) is 7.72. The molecule has 0 aliphatic heterocycles. The van der Waals surface area contributed by atoms with E-state index in [-0.39, 0.29) is 0 Å². The molecule has 0 atom stereocenters. The van der Waals surface area contributed by atoms with Gasteiger partial charge in [0.25, 0.3) is 0 Å². The molecule has 0 N–H and O–H groups in total. The Kier molecular flexibility index (Phi) is 6.62. The molecule has 3 aromatic rings. The Morgan fingerprint density at radius 2 is 1.50 bits per heavy atom. The third-order valence-corrected chi connectivity index (χ3v) is 5.96. The second kappa shape index (κ2) is 9.17. The first-order chi connectivity index (χ1) is 14.4. The van der Waals surface area contributed by atoms with Crippen LogP contribution in [0.15, 0.2) is 39.7 Å². The zero-order chi connectivity index (χ0) is 21.8. The SMILES string of the molecule is CN=c1scc(-c2cc(C)c(C)cc2C)n1N=Cc1c(OC)cc(OC)cc1OC. The highest BCUT2D eigenvalue weighted by molar-refractivity contribution is 7.07. The van der Waals surface area contributed by atoms with Crippen molar-refractivity contribution in [3.8, 4) is 28.5 Å². The molecule has 0 saturated carbocycles. The summed E-state index contributed by atoms with van der Waals surface area (Å²) in [7, 11) is 6.60. The van der Waals surface area contributed by atoms with Crippen LogP contribution in [0.25, 0.3) is 11.3 Å². The van der Waals surface area contributed by atoms with E-state index in [1.807, 2.05) is 16.8 Å². The van der Waals surface area contributed by atoms with Gasteiger partial charge in [0.05, 0.1) is 38.8 Å². The monoisotopic (exact) mass is 425 g/mol. The normalized spacial score (nSPS) is 11.9. The summed E-state index contributed by atoms with van der Waals surface area (Å²) in [6, 6.07) is 8.02. The van der Waals surface area contributed by atoms with Crippen LogP contribution >= 0.6 is 11.3 Å². The number of thiazole rings is 1. The van der Waals surface area contributed by atoms with E-state index in [0.717, 1.165) is 21.6 Å². The maximum Gasteiger partial charge on any atom is 0.205 e. The first-order valence-electron chi connectivity index (χ1n) is 9.49.